The number of H-pyrrole nitrogens is 1. The molecular weight excluding hydrogens is 486 g/mol. The van der Waals surface area contributed by atoms with Crippen LogP contribution in [0.3, 0.4) is 0 Å². The van der Waals surface area contributed by atoms with Crippen molar-refractivity contribution in [2.45, 2.75) is 98.8 Å². The molecule has 2 fully saturated rings. The quantitative estimate of drug-likeness (QED) is 0.287. The van der Waals surface area contributed by atoms with Crippen LogP contribution in [0.4, 0.5) is 11.5 Å². The summed E-state index contributed by atoms with van der Waals surface area (Å²) in [5.41, 5.74) is 3.31. The Morgan fingerprint density at radius 2 is 1.38 bits per heavy atom. The molecule has 0 unspecified atom stereocenters. The van der Waals surface area contributed by atoms with E-state index >= 15 is 0 Å². The van der Waals surface area contributed by atoms with E-state index in [2.05, 4.69) is 27.5 Å². The first-order chi connectivity index (χ1) is 19.0. The fraction of sp³-hybridized carbons (Fsp3) is 0.562. The Hall–Kier alpha value is -3.22. The second kappa shape index (κ2) is 15.4. The van der Waals surface area contributed by atoms with Gasteiger partial charge >= 0.3 is 0 Å². The molecule has 7 heteroatoms. The van der Waals surface area contributed by atoms with Gasteiger partial charge < -0.3 is 15.6 Å². The zero-order chi connectivity index (χ0) is 28.2. The monoisotopic (exact) mass is 533 g/mol. The van der Waals surface area contributed by atoms with Crippen LogP contribution in [0.2, 0.25) is 0 Å². The van der Waals surface area contributed by atoms with Crippen LogP contribution in [-0.4, -0.2) is 26.8 Å². The molecule has 2 heterocycles. The van der Waals surface area contributed by atoms with Crippen molar-refractivity contribution in [2.75, 3.05) is 10.6 Å². The maximum absolute atomic E-state index is 12.7. The molecule has 3 aromatic rings. The molecule has 2 amide bonds. The summed E-state index contributed by atoms with van der Waals surface area (Å²) >= 11 is 0. The van der Waals surface area contributed by atoms with Gasteiger partial charge in [-0.05, 0) is 68.7 Å². The number of carbonyl (C=O) groups is 2. The Bertz CT molecular complexity index is 1170. The number of aromatic amines is 1. The van der Waals surface area contributed by atoms with Crippen LogP contribution in [0.1, 0.15) is 98.8 Å². The Balaban J connectivity index is 0.00000100. The molecule has 0 bridgehead atoms. The Labute approximate surface area is 234 Å². The van der Waals surface area contributed by atoms with Crippen LogP contribution in [0.25, 0.3) is 22.4 Å². The number of amides is 2. The third-order valence-corrected chi connectivity index (χ3v) is 7.66. The maximum atomic E-state index is 12.7. The predicted molar refractivity (Wildman–Crippen MR) is 162 cm³/mol. The first kappa shape index (κ1) is 30.3. The van der Waals surface area contributed by atoms with E-state index in [1.807, 2.05) is 58.0 Å². The largest absolute Gasteiger partial charge is 0.337 e. The number of nitrogens with zero attached hydrogens (tertiary/aromatic N) is 2. The van der Waals surface area contributed by atoms with Gasteiger partial charge in [-0.1, -0.05) is 60.3 Å². The van der Waals surface area contributed by atoms with Crippen LogP contribution in [0, 0.1) is 17.8 Å². The van der Waals surface area contributed by atoms with E-state index in [1.54, 1.807) is 6.20 Å². The number of nitrogens with one attached hydrogen (secondary N) is 3. The molecule has 0 saturated heterocycles. The molecule has 2 aliphatic rings. The molecule has 5 rings (SSSR count). The van der Waals surface area contributed by atoms with Crippen molar-refractivity contribution in [3.8, 4) is 11.4 Å². The van der Waals surface area contributed by atoms with E-state index in [0.29, 0.717) is 11.7 Å². The minimum Gasteiger partial charge on any atom is -0.337 e. The molecule has 1 aromatic carbocycles. The summed E-state index contributed by atoms with van der Waals surface area (Å²) < 4.78 is 0. The molecule has 0 spiro atoms. The summed E-state index contributed by atoms with van der Waals surface area (Å²) in [6.45, 7) is 10.3. The summed E-state index contributed by atoms with van der Waals surface area (Å²) in [6.07, 6.45) is 12.5. The number of carbonyl (C=O) groups excluding carboxylic acids is 2. The smallest absolute Gasteiger partial charge is 0.228 e. The first-order valence-electron chi connectivity index (χ1n) is 15.1. The first-order valence-corrected chi connectivity index (χ1v) is 15.1. The van der Waals surface area contributed by atoms with Gasteiger partial charge in [-0.15, -0.1) is 0 Å². The fourth-order valence-corrected chi connectivity index (χ4v) is 5.36. The number of pyridine rings is 1. The average Bonchev–Trinajstić information content (AvgIpc) is 3.20. The lowest BCUT2D eigenvalue weighted by atomic mass is 9.82. The third-order valence-electron chi connectivity index (χ3n) is 7.66. The lowest BCUT2D eigenvalue weighted by molar-refractivity contribution is -0.121. The summed E-state index contributed by atoms with van der Waals surface area (Å²) in [5.74, 6) is 2.36. The van der Waals surface area contributed by atoms with Gasteiger partial charge in [0, 0.05) is 29.2 Å². The summed E-state index contributed by atoms with van der Waals surface area (Å²) in [6, 6.07) is 9.58. The minimum absolute atomic E-state index is 0.0565. The average molecular weight is 534 g/mol. The number of benzene rings is 1. The van der Waals surface area contributed by atoms with Gasteiger partial charge in [-0.3, -0.25) is 9.59 Å². The van der Waals surface area contributed by atoms with Crippen molar-refractivity contribution >= 4 is 34.4 Å². The maximum Gasteiger partial charge on any atom is 0.228 e. The molecule has 3 N–H and O–H groups in total. The van der Waals surface area contributed by atoms with Gasteiger partial charge in [-0.25, -0.2) is 9.97 Å². The van der Waals surface area contributed by atoms with Gasteiger partial charge in [0.2, 0.25) is 11.8 Å². The van der Waals surface area contributed by atoms with Crippen molar-refractivity contribution < 1.29 is 9.59 Å². The van der Waals surface area contributed by atoms with Crippen LogP contribution in [0.5, 0.6) is 0 Å². The number of aromatic nitrogens is 3. The van der Waals surface area contributed by atoms with Crippen molar-refractivity contribution in [3.05, 3.63) is 36.5 Å². The number of fused-ring (bicyclic) bond motifs is 1. The SMILES string of the molecule is CC.CC.CC1CCC(C(=O)Nc2cc3nc(-c4ccc(NC(=O)C5CCCCCC5)cc4)[nH]c3cn2)CC1. The van der Waals surface area contributed by atoms with E-state index in [0.717, 1.165) is 79.5 Å². The van der Waals surface area contributed by atoms with E-state index in [1.165, 1.54) is 12.8 Å². The van der Waals surface area contributed by atoms with Crippen LogP contribution < -0.4 is 10.6 Å². The van der Waals surface area contributed by atoms with Crippen molar-refractivity contribution in [1.29, 1.82) is 0 Å². The predicted octanol–water partition coefficient (Wildman–Crippen LogP) is 8.35. The van der Waals surface area contributed by atoms with Crippen LogP contribution in [-0.2, 0) is 9.59 Å². The lowest BCUT2D eigenvalue weighted by Gasteiger charge is -2.25. The van der Waals surface area contributed by atoms with Crippen LogP contribution in [0.15, 0.2) is 36.5 Å². The highest BCUT2D eigenvalue weighted by Crippen LogP contribution is 2.30. The molecule has 0 radical (unpaired) electrons. The van der Waals surface area contributed by atoms with E-state index in [9.17, 15) is 9.59 Å². The third kappa shape index (κ3) is 8.38. The highest BCUT2D eigenvalue weighted by atomic mass is 16.2. The summed E-state index contributed by atoms with van der Waals surface area (Å²) in [5, 5.41) is 6.06. The van der Waals surface area contributed by atoms with E-state index in [-0.39, 0.29) is 23.7 Å². The normalized spacial score (nSPS) is 19.5. The number of hydrogen-bond acceptors (Lipinski definition) is 4. The zero-order valence-corrected chi connectivity index (χ0v) is 24.5. The number of rotatable bonds is 5. The van der Waals surface area contributed by atoms with Gasteiger partial charge in [0.1, 0.15) is 11.6 Å². The second-order valence-electron chi connectivity index (χ2n) is 10.4. The number of hydrogen-bond donors (Lipinski definition) is 3. The molecule has 7 nitrogen and oxygen atoms in total. The molecule has 0 atom stereocenters. The molecule has 2 aliphatic carbocycles. The Morgan fingerprint density at radius 1 is 0.795 bits per heavy atom. The van der Waals surface area contributed by atoms with Crippen molar-refractivity contribution in [3.63, 3.8) is 0 Å². The van der Waals surface area contributed by atoms with E-state index in [4.69, 9.17) is 4.98 Å². The number of imidazole rings is 1. The second-order valence-corrected chi connectivity index (χ2v) is 10.4. The van der Waals surface area contributed by atoms with Crippen LogP contribution >= 0.6 is 0 Å². The summed E-state index contributed by atoms with van der Waals surface area (Å²) in [4.78, 5) is 37.7. The summed E-state index contributed by atoms with van der Waals surface area (Å²) in [7, 11) is 0. The molecular formula is C32H47N5O2. The van der Waals surface area contributed by atoms with Gasteiger partial charge in [0.25, 0.3) is 0 Å². The van der Waals surface area contributed by atoms with Gasteiger partial charge in [-0.2, -0.15) is 0 Å². The Morgan fingerprint density at radius 3 is 2.03 bits per heavy atom. The lowest BCUT2D eigenvalue weighted by Crippen LogP contribution is -2.26. The van der Waals surface area contributed by atoms with Gasteiger partial charge in [0.15, 0.2) is 0 Å². The Kier molecular flexibility index (Phi) is 12.0. The topological polar surface area (TPSA) is 99.8 Å². The molecule has 212 valence electrons. The van der Waals surface area contributed by atoms with Gasteiger partial charge in [0.05, 0.1) is 17.2 Å². The zero-order valence-electron chi connectivity index (χ0n) is 24.5. The van der Waals surface area contributed by atoms with Crippen molar-refractivity contribution in [1.82, 2.24) is 15.0 Å². The molecule has 2 saturated carbocycles. The standard InChI is InChI=1S/C28H35N5O2.2C2H6/c1-18-8-10-21(11-9-18)28(35)33-25-16-23-24(17-29-25)32-26(31-23)19-12-14-22(15-13-19)30-27(34)20-6-4-2-3-5-7-20;2*1-2/h12-18,20-21H,2-11H2,1H3,(H,30,34)(H,31,32)(H,29,33,35);2*1-2H3. The molecule has 39 heavy (non-hydrogen) atoms. The highest BCUT2D eigenvalue weighted by Gasteiger charge is 2.25. The highest BCUT2D eigenvalue weighted by molar-refractivity contribution is 5.94. The fourth-order valence-electron chi connectivity index (χ4n) is 5.36. The van der Waals surface area contributed by atoms with Crippen molar-refractivity contribution in [2.24, 2.45) is 17.8 Å². The number of anilines is 2. The molecule has 0 aliphatic heterocycles. The van der Waals surface area contributed by atoms with E-state index < -0.39 is 0 Å². The molecule has 2 aromatic heterocycles. The minimum atomic E-state index is 0.0565.